The third-order valence-corrected chi connectivity index (χ3v) is 7.71. The monoisotopic (exact) mass is 565 g/mol. The summed E-state index contributed by atoms with van der Waals surface area (Å²) in [6.45, 7) is 6.07. The number of allylic oxidation sites excluding steroid dienone is 1. The minimum Gasteiger partial charge on any atom is -0.477 e. The molecule has 1 atom stereocenters. The molecule has 0 radical (unpaired) electrons. The summed E-state index contributed by atoms with van der Waals surface area (Å²) in [4.78, 5) is 54.6. The maximum atomic E-state index is 13.2. The molecule has 5 heterocycles. The summed E-state index contributed by atoms with van der Waals surface area (Å²) in [5, 5.41) is 13.1. The molecule has 5 rings (SSSR count). The molecule has 0 saturated carbocycles. The van der Waals surface area contributed by atoms with Crippen LogP contribution in [0.1, 0.15) is 33.1 Å². The van der Waals surface area contributed by atoms with Crippen molar-refractivity contribution in [2.24, 2.45) is 10.9 Å². The molecule has 2 N–H and O–H groups in total. The van der Waals surface area contributed by atoms with Gasteiger partial charge in [0.05, 0.1) is 24.3 Å². The van der Waals surface area contributed by atoms with Gasteiger partial charge in [-0.1, -0.05) is 5.57 Å². The first-order chi connectivity index (χ1) is 19.3. The molecule has 210 valence electrons. The van der Waals surface area contributed by atoms with Gasteiger partial charge < -0.3 is 15.2 Å². The Bertz CT molecular complexity index is 1370. The zero-order valence-electron chi connectivity index (χ0n) is 22.4. The molecule has 13 heteroatoms. The highest BCUT2D eigenvalue weighted by Crippen LogP contribution is 2.31. The number of carboxylic acids is 1. The SMILES string of the molecule is CC(C)=C1C(=O)C(C(=O)O)=CN(c2nc(-c3ccncc3)ns2)C1=NCN1CC(C(=O)NCC2CCCCO2)C1. The largest absolute Gasteiger partial charge is 0.477 e. The van der Waals surface area contributed by atoms with Gasteiger partial charge in [-0.2, -0.15) is 9.36 Å². The Balaban J connectivity index is 1.33. The van der Waals surface area contributed by atoms with Crippen molar-refractivity contribution in [3.8, 4) is 11.4 Å². The molecular formula is C27H31N7O5S. The van der Waals surface area contributed by atoms with E-state index in [1.54, 1.807) is 38.4 Å². The molecule has 0 bridgehead atoms. The number of aromatic nitrogens is 3. The average molecular weight is 566 g/mol. The van der Waals surface area contributed by atoms with E-state index >= 15 is 0 Å². The topological polar surface area (TPSA) is 150 Å². The molecular weight excluding hydrogens is 534 g/mol. The molecule has 0 spiro atoms. The highest BCUT2D eigenvalue weighted by molar-refractivity contribution is 7.10. The van der Waals surface area contributed by atoms with Crippen LogP contribution in [0.5, 0.6) is 0 Å². The normalized spacial score (nSPS) is 21.2. The van der Waals surface area contributed by atoms with Crippen molar-refractivity contribution in [1.29, 1.82) is 0 Å². The van der Waals surface area contributed by atoms with Gasteiger partial charge in [0.2, 0.25) is 16.8 Å². The predicted octanol–water partition coefficient (Wildman–Crippen LogP) is 2.27. The number of likely N-dealkylation sites (tertiary alicyclic amines) is 1. The number of hydrogen-bond donors (Lipinski definition) is 2. The van der Waals surface area contributed by atoms with Crippen LogP contribution in [-0.4, -0.2) is 86.9 Å². The van der Waals surface area contributed by atoms with Crippen LogP contribution in [0.25, 0.3) is 11.4 Å². The standard InChI is InChI=1S/C27H31N7O5S/c1-16(2)21-22(35)20(26(37)38)14-34(27-31-23(32-40-27)17-6-8-28-9-7-17)24(21)30-15-33-12-18(13-33)25(36)29-11-19-5-3-4-10-39-19/h6-9,14,18-19H,3-5,10-13,15H2,1-2H3,(H,29,36)(H,37,38). The Labute approximate surface area is 235 Å². The van der Waals surface area contributed by atoms with Gasteiger partial charge >= 0.3 is 5.97 Å². The number of ether oxygens (including phenoxy) is 1. The quantitative estimate of drug-likeness (QED) is 0.360. The minimum atomic E-state index is -1.33. The second-order valence-electron chi connectivity index (χ2n) is 10.1. The van der Waals surface area contributed by atoms with Gasteiger partial charge in [-0.15, -0.1) is 0 Å². The number of aliphatic carboxylic acids is 1. The number of anilines is 1. The van der Waals surface area contributed by atoms with Gasteiger partial charge in [-0.25, -0.2) is 4.79 Å². The number of amides is 1. The molecule has 1 amide bonds. The summed E-state index contributed by atoms with van der Waals surface area (Å²) in [6, 6.07) is 3.55. The van der Waals surface area contributed by atoms with Crippen molar-refractivity contribution >= 4 is 40.2 Å². The molecule has 0 aromatic carbocycles. The third kappa shape index (κ3) is 6.01. The zero-order chi connectivity index (χ0) is 28.2. The van der Waals surface area contributed by atoms with Crippen LogP contribution in [-0.2, 0) is 19.1 Å². The number of Topliss-reactive ketones (excluding diaryl/α,β-unsaturated/α-hetero) is 1. The number of rotatable bonds is 8. The summed E-state index contributed by atoms with van der Waals surface area (Å²) < 4.78 is 10.1. The molecule has 40 heavy (non-hydrogen) atoms. The van der Waals surface area contributed by atoms with Crippen LogP contribution >= 0.6 is 11.5 Å². The Morgan fingerprint density at radius 1 is 1.23 bits per heavy atom. The molecule has 2 aromatic rings. The van der Waals surface area contributed by atoms with Crippen LogP contribution in [0.15, 0.2) is 52.4 Å². The lowest BCUT2D eigenvalue weighted by atomic mass is 9.95. The summed E-state index contributed by atoms with van der Waals surface area (Å²) in [7, 11) is 0. The van der Waals surface area contributed by atoms with Crippen molar-refractivity contribution in [1.82, 2.24) is 24.6 Å². The molecule has 3 aliphatic rings. The number of nitrogens with one attached hydrogen (secondary N) is 1. The Hall–Kier alpha value is -3.81. The van der Waals surface area contributed by atoms with Crippen LogP contribution in [0.3, 0.4) is 0 Å². The number of carboxylic acid groups (broad SMARTS) is 1. The lowest BCUT2D eigenvalue weighted by Crippen LogP contribution is -2.54. The number of hydrogen-bond acceptors (Lipinski definition) is 10. The maximum Gasteiger partial charge on any atom is 0.341 e. The molecule has 12 nitrogen and oxygen atoms in total. The van der Waals surface area contributed by atoms with Crippen molar-refractivity contribution in [3.63, 3.8) is 0 Å². The smallest absolute Gasteiger partial charge is 0.341 e. The van der Waals surface area contributed by atoms with E-state index in [4.69, 9.17) is 9.73 Å². The molecule has 2 saturated heterocycles. The van der Waals surface area contributed by atoms with Gasteiger partial charge in [0.25, 0.3) is 0 Å². The van der Waals surface area contributed by atoms with Crippen LogP contribution < -0.4 is 10.2 Å². The van der Waals surface area contributed by atoms with Crippen LogP contribution in [0.4, 0.5) is 5.13 Å². The Morgan fingerprint density at radius 2 is 2.00 bits per heavy atom. The second kappa shape index (κ2) is 12.1. The van der Waals surface area contributed by atoms with Crippen molar-refractivity contribution < 1.29 is 24.2 Å². The first-order valence-electron chi connectivity index (χ1n) is 13.2. The van der Waals surface area contributed by atoms with Gasteiger partial charge in [-0.05, 0) is 45.2 Å². The van der Waals surface area contributed by atoms with E-state index in [0.717, 1.165) is 43.0 Å². The van der Waals surface area contributed by atoms with Crippen molar-refractivity contribution in [2.45, 2.75) is 39.2 Å². The zero-order valence-corrected chi connectivity index (χ0v) is 23.2. The van der Waals surface area contributed by atoms with Crippen LogP contribution in [0.2, 0.25) is 0 Å². The predicted molar refractivity (Wildman–Crippen MR) is 149 cm³/mol. The number of pyridine rings is 1. The Morgan fingerprint density at radius 3 is 2.67 bits per heavy atom. The Kier molecular flexibility index (Phi) is 8.43. The van der Waals surface area contributed by atoms with Crippen LogP contribution in [0, 0.1) is 5.92 Å². The number of carbonyl (C=O) groups is 3. The van der Waals surface area contributed by atoms with E-state index in [1.165, 1.54) is 11.1 Å². The fourth-order valence-corrected chi connectivity index (χ4v) is 5.46. The highest BCUT2D eigenvalue weighted by Gasteiger charge is 2.37. The summed E-state index contributed by atoms with van der Waals surface area (Å²) in [5.74, 6) is -1.31. The van der Waals surface area contributed by atoms with E-state index in [-0.39, 0.29) is 35.7 Å². The third-order valence-electron chi connectivity index (χ3n) is 7.00. The van der Waals surface area contributed by atoms with Gasteiger partial charge in [0.15, 0.2) is 5.82 Å². The molecule has 0 aliphatic carbocycles. The summed E-state index contributed by atoms with van der Waals surface area (Å²) in [6.07, 6.45) is 7.77. The number of ketones is 1. The van der Waals surface area contributed by atoms with Gasteiger partial charge in [0, 0.05) is 61.9 Å². The number of carbonyl (C=O) groups excluding carboxylic acids is 2. The van der Waals surface area contributed by atoms with E-state index in [2.05, 4.69) is 19.7 Å². The first-order valence-corrected chi connectivity index (χ1v) is 14.0. The average Bonchev–Trinajstić information content (AvgIpc) is 3.42. The summed E-state index contributed by atoms with van der Waals surface area (Å²) in [5.41, 5.74) is 1.22. The fourth-order valence-electron chi connectivity index (χ4n) is 4.79. The minimum absolute atomic E-state index is 0.00377. The second-order valence-corrected chi connectivity index (χ2v) is 10.9. The van der Waals surface area contributed by atoms with E-state index < -0.39 is 11.8 Å². The first kappa shape index (κ1) is 27.7. The lowest BCUT2D eigenvalue weighted by Gasteiger charge is -2.38. The van der Waals surface area contributed by atoms with E-state index in [9.17, 15) is 19.5 Å². The molecule has 3 aliphatic heterocycles. The van der Waals surface area contributed by atoms with Crippen molar-refractivity contribution in [2.75, 3.05) is 37.8 Å². The lowest BCUT2D eigenvalue weighted by molar-refractivity contribution is -0.134. The molecule has 1 unspecified atom stereocenters. The van der Waals surface area contributed by atoms with E-state index in [1.807, 2.05) is 4.90 Å². The number of aliphatic imine (C=N–C) groups is 1. The van der Waals surface area contributed by atoms with Crippen molar-refractivity contribution in [3.05, 3.63) is 47.4 Å². The number of amidine groups is 1. The fraction of sp³-hybridized carbons (Fsp3) is 0.444. The van der Waals surface area contributed by atoms with E-state index in [0.29, 0.717) is 42.0 Å². The number of nitrogens with zero attached hydrogens (tertiary/aromatic N) is 6. The highest BCUT2D eigenvalue weighted by atomic mass is 32.1. The molecule has 2 fully saturated rings. The van der Waals surface area contributed by atoms with Gasteiger partial charge in [-0.3, -0.25) is 29.4 Å². The van der Waals surface area contributed by atoms with Gasteiger partial charge in [0.1, 0.15) is 11.4 Å². The molecule has 2 aromatic heterocycles. The summed E-state index contributed by atoms with van der Waals surface area (Å²) >= 11 is 1.07. The maximum absolute atomic E-state index is 13.2.